The zero-order valence-electron chi connectivity index (χ0n) is 14.3. The number of hydrogen-bond donors (Lipinski definition) is 2. The van der Waals surface area contributed by atoms with Crippen LogP contribution in [0.3, 0.4) is 0 Å². The number of aromatic hydroxyl groups is 2. The molecule has 2 N–H and O–H groups in total. The first-order chi connectivity index (χ1) is 11.5. The molecule has 4 nitrogen and oxygen atoms in total. The average molecular weight is 326 g/mol. The zero-order valence-corrected chi connectivity index (χ0v) is 14.3. The van der Waals surface area contributed by atoms with Gasteiger partial charge in [0.2, 0.25) is 0 Å². The summed E-state index contributed by atoms with van der Waals surface area (Å²) in [5, 5.41) is 20.7. The predicted octanol–water partition coefficient (Wildman–Crippen LogP) is 4.57. The maximum Gasteiger partial charge on any atom is 0.161 e. The second-order valence-electron chi connectivity index (χ2n) is 5.48. The summed E-state index contributed by atoms with van der Waals surface area (Å²) in [6.07, 6.45) is 0. The minimum Gasteiger partial charge on any atom is -0.508 e. The van der Waals surface area contributed by atoms with Crippen LogP contribution >= 0.6 is 0 Å². The Morgan fingerprint density at radius 2 is 1.29 bits per heavy atom. The van der Waals surface area contributed by atoms with Gasteiger partial charge < -0.3 is 19.7 Å². The third kappa shape index (κ3) is 3.90. The molecular weight excluding hydrogens is 304 g/mol. The van der Waals surface area contributed by atoms with E-state index in [4.69, 9.17) is 14.6 Å². The first kappa shape index (κ1) is 17.5. The summed E-state index contributed by atoms with van der Waals surface area (Å²) >= 11 is 0. The number of hydrogen-bond acceptors (Lipinski definition) is 4. The molecule has 0 atom stereocenters. The van der Waals surface area contributed by atoms with E-state index in [1.54, 1.807) is 32.4 Å². The van der Waals surface area contributed by atoms with Crippen molar-refractivity contribution in [2.45, 2.75) is 13.8 Å². The number of rotatable bonds is 2. The number of methoxy groups -OCH3 is 2. The van der Waals surface area contributed by atoms with Crippen LogP contribution in [-0.4, -0.2) is 24.4 Å². The van der Waals surface area contributed by atoms with Crippen molar-refractivity contribution in [1.82, 2.24) is 0 Å². The minimum atomic E-state index is 0.182. The molecule has 0 fully saturated rings. The molecule has 3 aromatic rings. The van der Waals surface area contributed by atoms with Gasteiger partial charge in [0.1, 0.15) is 11.5 Å². The van der Waals surface area contributed by atoms with Gasteiger partial charge in [-0.2, -0.15) is 0 Å². The molecule has 126 valence electrons. The molecule has 3 rings (SSSR count). The lowest BCUT2D eigenvalue weighted by molar-refractivity contribution is 0.374. The maximum absolute atomic E-state index is 9.48. The fourth-order valence-electron chi connectivity index (χ4n) is 2.62. The Balaban J connectivity index is 0.000000177. The van der Waals surface area contributed by atoms with E-state index >= 15 is 0 Å². The van der Waals surface area contributed by atoms with Gasteiger partial charge in [0.15, 0.2) is 11.5 Å². The van der Waals surface area contributed by atoms with Crippen LogP contribution in [0.15, 0.2) is 48.5 Å². The van der Waals surface area contributed by atoms with Gasteiger partial charge in [-0.3, -0.25) is 0 Å². The normalized spacial score (nSPS) is 10.0. The van der Waals surface area contributed by atoms with Gasteiger partial charge in [0, 0.05) is 0 Å². The van der Waals surface area contributed by atoms with Crippen molar-refractivity contribution >= 4 is 10.8 Å². The Labute approximate surface area is 141 Å². The second-order valence-corrected chi connectivity index (χ2v) is 5.48. The molecule has 24 heavy (non-hydrogen) atoms. The molecule has 0 spiro atoms. The van der Waals surface area contributed by atoms with Crippen LogP contribution in [-0.2, 0) is 0 Å². The highest BCUT2D eigenvalue weighted by molar-refractivity contribution is 5.85. The maximum atomic E-state index is 9.48. The van der Waals surface area contributed by atoms with Crippen LogP contribution in [0, 0.1) is 13.8 Å². The smallest absolute Gasteiger partial charge is 0.161 e. The van der Waals surface area contributed by atoms with Crippen molar-refractivity contribution in [2.24, 2.45) is 0 Å². The molecule has 4 heteroatoms. The monoisotopic (exact) mass is 326 g/mol. The van der Waals surface area contributed by atoms with Crippen molar-refractivity contribution in [3.63, 3.8) is 0 Å². The zero-order chi connectivity index (χ0) is 17.7. The number of aryl methyl sites for hydroxylation is 2. The van der Waals surface area contributed by atoms with E-state index < -0.39 is 0 Å². The number of benzene rings is 3. The molecular formula is C20H22O4. The third-order valence-electron chi connectivity index (χ3n) is 3.70. The van der Waals surface area contributed by atoms with Crippen LogP contribution in [0.2, 0.25) is 0 Å². The standard InChI is InChI=1S/C11H10O2.C9H12O2/c1-13-11-7-9-5-3-2-4-8(9)6-10(11)12;1-6-4-8(10)5-7(2)9(6)11-3/h2-7,12H,1H3;4-5,10H,1-3H3. The van der Waals surface area contributed by atoms with Gasteiger partial charge in [-0.15, -0.1) is 0 Å². The van der Waals surface area contributed by atoms with Crippen LogP contribution in [0.25, 0.3) is 10.8 Å². The van der Waals surface area contributed by atoms with Gasteiger partial charge >= 0.3 is 0 Å². The molecule has 0 aliphatic carbocycles. The van der Waals surface area contributed by atoms with Gasteiger partial charge in [-0.25, -0.2) is 0 Å². The number of fused-ring (bicyclic) bond motifs is 1. The molecule has 0 amide bonds. The van der Waals surface area contributed by atoms with Crippen molar-refractivity contribution in [1.29, 1.82) is 0 Å². The summed E-state index contributed by atoms with van der Waals surface area (Å²) < 4.78 is 10.1. The fourth-order valence-corrected chi connectivity index (χ4v) is 2.62. The van der Waals surface area contributed by atoms with Gasteiger partial charge in [-0.05, 0) is 60.0 Å². The van der Waals surface area contributed by atoms with Crippen molar-refractivity contribution in [3.05, 3.63) is 59.7 Å². The van der Waals surface area contributed by atoms with Gasteiger partial charge in [0.25, 0.3) is 0 Å². The Bertz CT molecular complexity index is 817. The van der Waals surface area contributed by atoms with E-state index in [2.05, 4.69) is 0 Å². The van der Waals surface area contributed by atoms with Crippen LogP contribution in [0.4, 0.5) is 0 Å². The highest BCUT2D eigenvalue weighted by atomic mass is 16.5. The Kier molecular flexibility index (Phi) is 5.53. The molecule has 0 aliphatic rings. The van der Waals surface area contributed by atoms with Crippen LogP contribution in [0.1, 0.15) is 11.1 Å². The highest BCUT2D eigenvalue weighted by Gasteiger charge is 2.03. The SMILES string of the molecule is COc1c(C)cc(O)cc1C.COc1cc2ccccc2cc1O. The molecule has 3 aromatic carbocycles. The molecule has 0 heterocycles. The highest BCUT2D eigenvalue weighted by Crippen LogP contribution is 2.30. The lowest BCUT2D eigenvalue weighted by atomic mass is 10.1. The van der Waals surface area contributed by atoms with Crippen molar-refractivity contribution in [2.75, 3.05) is 14.2 Å². The fraction of sp³-hybridized carbons (Fsp3) is 0.200. The summed E-state index contributed by atoms with van der Waals surface area (Å²) in [4.78, 5) is 0. The first-order valence-electron chi connectivity index (χ1n) is 7.56. The van der Waals surface area contributed by atoms with E-state index in [-0.39, 0.29) is 5.75 Å². The molecule has 0 saturated carbocycles. The Morgan fingerprint density at radius 1 is 0.750 bits per heavy atom. The Morgan fingerprint density at radius 3 is 1.79 bits per heavy atom. The lowest BCUT2D eigenvalue weighted by Gasteiger charge is -2.07. The van der Waals surface area contributed by atoms with E-state index in [9.17, 15) is 5.11 Å². The summed E-state index contributed by atoms with van der Waals surface area (Å²) in [5.41, 5.74) is 1.93. The summed E-state index contributed by atoms with van der Waals surface area (Å²) in [5.74, 6) is 1.84. The summed E-state index contributed by atoms with van der Waals surface area (Å²) in [6.45, 7) is 3.82. The molecule has 0 aliphatic heterocycles. The number of ether oxygens (including phenoxy) is 2. The first-order valence-corrected chi connectivity index (χ1v) is 7.56. The number of phenols is 2. The van der Waals surface area contributed by atoms with E-state index in [1.165, 1.54) is 0 Å². The Hall–Kier alpha value is -2.88. The van der Waals surface area contributed by atoms with Crippen LogP contribution < -0.4 is 9.47 Å². The molecule has 0 bridgehead atoms. The van der Waals surface area contributed by atoms with Crippen molar-refractivity contribution < 1.29 is 19.7 Å². The second kappa shape index (κ2) is 7.59. The van der Waals surface area contributed by atoms with E-state index in [1.807, 2.05) is 44.2 Å². The minimum absolute atomic E-state index is 0.182. The molecule has 0 radical (unpaired) electrons. The molecule has 0 unspecified atom stereocenters. The summed E-state index contributed by atoms with van der Waals surface area (Å²) in [7, 11) is 3.18. The van der Waals surface area contributed by atoms with Gasteiger partial charge in [0.05, 0.1) is 14.2 Å². The van der Waals surface area contributed by atoms with E-state index in [0.717, 1.165) is 27.6 Å². The average Bonchev–Trinajstić information content (AvgIpc) is 2.54. The third-order valence-corrected chi connectivity index (χ3v) is 3.70. The predicted molar refractivity (Wildman–Crippen MR) is 96.3 cm³/mol. The largest absolute Gasteiger partial charge is 0.508 e. The van der Waals surface area contributed by atoms with Crippen LogP contribution in [0.5, 0.6) is 23.0 Å². The molecule has 0 aromatic heterocycles. The van der Waals surface area contributed by atoms with Crippen molar-refractivity contribution in [3.8, 4) is 23.0 Å². The quantitative estimate of drug-likeness (QED) is 0.724. The lowest BCUT2D eigenvalue weighted by Crippen LogP contribution is -1.89. The number of phenolic OH excluding ortho intramolecular Hbond substituents is 2. The topological polar surface area (TPSA) is 58.9 Å². The molecule has 0 saturated heterocycles. The van der Waals surface area contributed by atoms with Gasteiger partial charge in [-0.1, -0.05) is 24.3 Å². The summed E-state index contributed by atoms with van der Waals surface area (Å²) in [6, 6.07) is 14.7. The van der Waals surface area contributed by atoms with E-state index in [0.29, 0.717) is 11.5 Å².